The Balaban J connectivity index is 1.65. The molecule has 34 heavy (non-hydrogen) atoms. The van der Waals surface area contributed by atoms with Crippen molar-refractivity contribution in [2.75, 3.05) is 20.2 Å². The SMILES string of the molecule is CNC(=O)[C@@H]1CCCNN1C(=O)[C@H](CCOc1ccc(-c2ccccc2)cc1)N[C@H](C)C(=O)O. The van der Waals surface area contributed by atoms with Crippen LogP contribution in [0, 0.1) is 0 Å². The third-order valence-corrected chi connectivity index (χ3v) is 5.79. The van der Waals surface area contributed by atoms with Crippen LogP contribution in [0.4, 0.5) is 0 Å². The van der Waals surface area contributed by atoms with Crippen LogP contribution in [0.5, 0.6) is 5.75 Å². The minimum Gasteiger partial charge on any atom is -0.494 e. The van der Waals surface area contributed by atoms with E-state index in [1.807, 2.05) is 54.6 Å². The first-order chi connectivity index (χ1) is 16.4. The van der Waals surface area contributed by atoms with Gasteiger partial charge in [-0.1, -0.05) is 42.5 Å². The van der Waals surface area contributed by atoms with Gasteiger partial charge >= 0.3 is 5.97 Å². The number of hydrogen-bond donors (Lipinski definition) is 4. The van der Waals surface area contributed by atoms with Crippen LogP contribution in [-0.4, -0.2) is 66.2 Å². The lowest BCUT2D eigenvalue weighted by molar-refractivity contribution is -0.149. The molecular weight excluding hydrogens is 436 g/mol. The highest BCUT2D eigenvalue weighted by atomic mass is 16.5. The van der Waals surface area contributed by atoms with E-state index in [1.54, 1.807) is 0 Å². The Morgan fingerprint density at radius 3 is 2.44 bits per heavy atom. The lowest BCUT2D eigenvalue weighted by atomic mass is 10.1. The standard InChI is InChI=1S/C25H32N4O5/c1-17(25(32)33)28-21(24(31)29-22(23(30)26-2)9-6-15-27-29)14-16-34-20-12-10-19(11-13-20)18-7-4-3-5-8-18/h3-5,7-8,10-13,17,21-22,27-28H,6,9,14-16H2,1-2H3,(H,26,30)(H,32,33)/t17-,21+,22+/m1/s1. The minimum absolute atomic E-state index is 0.193. The van der Waals surface area contributed by atoms with E-state index in [0.717, 1.165) is 17.5 Å². The maximum Gasteiger partial charge on any atom is 0.320 e. The highest BCUT2D eigenvalue weighted by Gasteiger charge is 2.36. The molecule has 0 radical (unpaired) electrons. The van der Waals surface area contributed by atoms with Gasteiger partial charge in [0.1, 0.15) is 17.8 Å². The number of benzene rings is 2. The van der Waals surface area contributed by atoms with Gasteiger partial charge in [-0.3, -0.25) is 24.7 Å². The molecule has 2 amide bonds. The average molecular weight is 469 g/mol. The molecule has 1 heterocycles. The second-order valence-electron chi connectivity index (χ2n) is 8.20. The number of amides is 2. The fourth-order valence-electron chi connectivity index (χ4n) is 3.87. The van der Waals surface area contributed by atoms with Crippen molar-refractivity contribution in [3.63, 3.8) is 0 Å². The van der Waals surface area contributed by atoms with Gasteiger partial charge in [0.15, 0.2) is 0 Å². The molecular formula is C25H32N4O5. The van der Waals surface area contributed by atoms with Gasteiger partial charge in [0.05, 0.1) is 12.6 Å². The van der Waals surface area contributed by atoms with Gasteiger partial charge in [-0.15, -0.1) is 0 Å². The molecule has 0 saturated carbocycles. The summed E-state index contributed by atoms with van der Waals surface area (Å²) in [6.07, 6.45) is 1.52. The van der Waals surface area contributed by atoms with Crippen LogP contribution < -0.4 is 20.8 Å². The summed E-state index contributed by atoms with van der Waals surface area (Å²) in [6, 6.07) is 15.2. The van der Waals surface area contributed by atoms with Gasteiger partial charge in [-0.05, 0) is 43.0 Å². The van der Waals surface area contributed by atoms with Crippen LogP contribution in [0.1, 0.15) is 26.2 Å². The van der Waals surface area contributed by atoms with E-state index in [4.69, 9.17) is 4.74 Å². The van der Waals surface area contributed by atoms with Gasteiger partial charge in [-0.25, -0.2) is 5.43 Å². The number of aliphatic carboxylic acids is 1. The van der Waals surface area contributed by atoms with Crippen LogP contribution in [0.3, 0.4) is 0 Å². The number of carboxylic acid groups (broad SMARTS) is 1. The molecule has 1 aliphatic rings. The molecule has 4 N–H and O–H groups in total. The second-order valence-corrected chi connectivity index (χ2v) is 8.20. The van der Waals surface area contributed by atoms with E-state index in [9.17, 15) is 19.5 Å². The number of nitrogens with one attached hydrogen (secondary N) is 3. The third kappa shape index (κ3) is 6.55. The molecule has 3 rings (SSSR count). The molecule has 2 aromatic rings. The van der Waals surface area contributed by atoms with Gasteiger partial charge in [-0.2, -0.15) is 0 Å². The van der Waals surface area contributed by atoms with E-state index < -0.39 is 24.1 Å². The fourth-order valence-corrected chi connectivity index (χ4v) is 3.87. The first kappa shape index (κ1) is 25.2. The first-order valence-electron chi connectivity index (χ1n) is 11.5. The smallest absolute Gasteiger partial charge is 0.320 e. The number of carbonyl (C=O) groups excluding carboxylic acids is 2. The largest absolute Gasteiger partial charge is 0.494 e. The molecule has 2 aromatic carbocycles. The number of ether oxygens (including phenoxy) is 1. The molecule has 0 aromatic heterocycles. The Morgan fingerprint density at radius 1 is 1.12 bits per heavy atom. The predicted molar refractivity (Wildman–Crippen MR) is 128 cm³/mol. The van der Waals surface area contributed by atoms with E-state index in [2.05, 4.69) is 16.1 Å². The molecule has 182 valence electrons. The van der Waals surface area contributed by atoms with Crippen LogP contribution in [-0.2, 0) is 14.4 Å². The Kier molecular flexibility index (Phi) is 9.00. The maximum atomic E-state index is 13.3. The molecule has 3 atom stereocenters. The number of carboxylic acids is 1. The monoisotopic (exact) mass is 468 g/mol. The topological polar surface area (TPSA) is 120 Å². The Bertz CT molecular complexity index is 967. The molecule has 0 bridgehead atoms. The molecule has 1 fully saturated rings. The first-order valence-corrected chi connectivity index (χ1v) is 11.5. The van der Waals surface area contributed by atoms with Gasteiger partial charge in [0.25, 0.3) is 5.91 Å². The summed E-state index contributed by atoms with van der Waals surface area (Å²) in [5.41, 5.74) is 5.16. The number of hydrazine groups is 1. The maximum absolute atomic E-state index is 13.3. The Hall–Kier alpha value is -3.43. The molecule has 1 aliphatic heterocycles. The molecule has 0 aliphatic carbocycles. The second kappa shape index (κ2) is 12.2. The molecule has 1 saturated heterocycles. The Morgan fingerprint density at radius 2 is 1.79 bits per heavy atom. The van der Waals surface area contributed by atoms with Crippen molar-refractivity contribution in [1.29, 1.82) is 0 Å². The zero-order chi connectivity index (χ0) is 24.5. The molecule has 9 nitrogen and oxygen atoms in total. The van der Waals surface area contributed by atoms with Gasteiger partial charge < -0.3 is 15.2 Å². The number of nitrogens with zero attached hydrogens (tertiary/aromatic N) is 1. The summed E-state index contributed by atoms with van der Waals surface area (Å²) in [4.78, 5) is 37.0. The van der Waals surface area contributed by atoms with Crippen molar-refractivity contribution >= 4 is 17.8 Å². The predicted octanol–water partition coefficient (Wildman–Crippen LogP) is 1.80. The molecule has 0 spiro atoms. The van der Waals surface area contributed by atoms with E-state index in [-0.39, 0.29) is 24.8 Å². The summed E-state index contributed by atoms with van der Waals surface area (Å²) in [5, 5.41) is 16.1. The highest BCUT2D eigenvalue weighted by Crippen LogP contribution is 2.22. The van der Waals surface area contributed by atoms with Crippen molar-refractivity contribution in [2.24, 2.45) is 0 Å². The van der Waals surface area contributed by atoms with Crippen LogP contribution in [0.25, 0.3) is 11.1 Å². The minimum atomic E-state index is -1.07. The summed E-state index contributed by atoms with van der Waals surface area (Å²) < 4.78 is 5.84. The number of carbonyl (C=O) groups is 3. The van der Waals surface area contributed by atoms with E-state index in [0.29, 0.717) is 18.7 Å². The summed E-state index contributed by atoms with van der Waals surface area (Å²) in [5.74, 6) is -1.06. The van der Waals surface area contributed by atoms with Crippen molar-refractivity contribution in [3.05, 3.63) is 54.6 Å². The summed E-state index contributed by atoms with van der Waals surface area (Å²) >= 11 is 0. The lowest BCUT2D eigenvalue weighted by Crippen LogP contribution is -2.63. The zero-order valence-electron chi connectivity index (χ0n) is 19.5. The fraction of sp³-hybridized carbons (Fsp3) is 0.400. The lowest BCUT2D eigenvalue weighted by Gasteiger charge is -2.37. The highest BCUT2D eigenvalue weighted by molar-refractivity contribution is 5.90. The summed E-state index contributed by atoms with van der Waals surface area (Å²) in [6.45, 7) is 2.23. The van der Waals surface area contributed by atoms with E-state index in [1.165, 1.54) is 19.0 Å². The van der Waals surface area contributed by atoms with Crippen LogP contribution in [0.2, 0.25) is 0 Å². The van der Waals surface area contributed by atoms with Crippen LogP contribution in [0.15, 0.2) is 54.6 Å². The van der Waals surface area contributed by atoms with Crippen LogP contribution >= 0.6 is 0 Å². The van der Waals surface area contributed by atoms with Gasteiger partial charge in [0.2, 0.25) is 5.91 Å². The normalized spacial score (nSPS) is 17.5. The number of likely N-dealkylation sites (N-methyl/N-ethyl adjacent to an activating group) is 1. The molecule has 9 heteroatoms. The number of rotatable bonds is 10. The Labute approximate surface area is 199 Å². The average Bonchev–Trinajstić information content (AvgIpc) is 2.88. The molecule has 0 unspecified atom stereocenters. The quantitative estimate of drug-likeness (QED) is 0.420. The van der Waals surface area contributed by atoms with Crippen molar-refractivity contribution < 1.29 is 24.2 Å². The van der Waals surface area contributed by atoms with Crippen molar-refractivity contribution in [3.8, 4) is 16.9 Å². The van der Waals surface area contributed by atoms with Crippen molar-refractivity contribution in [2.45, 2.75) is 44.3 Å². The van der Waals surface area contributed by atoms with E-state index >= 15 is 0 Å². The third-order valence-electron chi connectivity index (χ3n) is 5.79. The van der Waals surface area contributed by atoms with Crippen molar-refractivity contribution in [1.82, 2.24) is 21.1 Å². The summed E-state index contributed by atoms with van der Waals surface area (Å²) in [7, 11) is 1.53. The number of hydrogen-bond acceptors (Lipinski definition) is 6. The zero-order valence-corrected chi connectivity index (χ0v) is 19.5. The van der Waals surface area contributed by atoms with Gasteiger partial charge in [0, 0.05) is 20.0 Å².